The fourth-order valence-electron chi connectivity index (χ4n) is 2.56. The zero-order chi connectivity index (χ0) is 25.1. The Hall–Kier alpha value is -2.81. The Morgan fingerprint density at radius 1 is 1.12 bits per heavy atom. The van der Waals surface area contributed by atoms with Crippen molar-refractivity contribution in [3.8, 4) is 6.07 Å². The number of alkyl halides is 3. The number of nitrogens with zero attached hydrogens (tertiary/aromatic N) is 3. The molecule has 0 aromatic rings. The lowest BCUT2D eigenvalue weighted by Gasteiger charge is -2.13. The van der Waals surface area contributed by atoms with Crippen molar-refractivity contribution < 1.29 is 13.2 Å². The van der Waals surface area contributed by atoms with Crippen LogP contribution in [0.3, 0.4) is 0 Å². The van der Waals surface area contributed by atoms with Gasteiger partial charge >= 0.3 is 6.18 Å². The average Bonchev–Trinajstić information content (AvgIpc) is 2.67. The summed E-state index contributed by atoms with van der Waals surface area (Å²) in [5.74, 6) is -0.543. The van der Waals surface area contributed by atoms with Gasteiger partial charge in [-0.2, -0.15) is 18.4 Å². The molecule has 0 aliphatic heterocycles. The van der Waals surface area contributed by atoms with Crippen molar-refractivity contribution in [3.05, 3.63) is 71.3 Å². The normalized spacial score (nSPS) is 14.8. The molecular weight excluding hydrogens is 411 g/mol. The highest BCUT2D eigenvalue weighted by molar-refractivity contribution is 5.99. The van der Waals surface area contributed by atoms with Crippen LogP contribution >= 0.6 is 0 Å². The van der Waals surface area contributed by atoms with E-state index in [0.717, 1.165) is 41.1 Å². The quantitative estimate of drug-likeness (QED) is 0.252. The maximum atomic E-state index is 13.1. The molecule has 0 aromatic carbocycles. The Morgan fingerprint density at radius 3 is 2.19 bits per heavy atom. The molecule has 0 saturated carbocycles. The highest BCUT2D eigenvalue weighted by Gasteiger charge is 2.32. The van der Waals surface area contributed by atoms with Gasteiger partial charge in [-0.3, -0.25) is 4.99 Å². The van der Waals surface area contributed by atoms with Crippen molar-refractivity contribution in [2.75, 3.05) is 7.05 Å². The molecule has 0 bridgehead atoms. The van der Waals surface area contributed by atoms with Gasteiger partial charge < -0.3 is 4.90 Å². The second-order valence-electron chi connectivity index (χ2n) is 8.37. The average molecular weight is 448 g/mol. The summed E-state index contributed by atoms with van der Waals surface area (Å²) in [5.41, 5.74) is 4.36. The fraction of sp³-hybridized carbons (Fsp3) is 0.462. The van der Waals surface area contributed by atoms with Crippen molar-refractivity contribution in [1.82, 2.24) is 4.90 Å². The lowest BCUT2D eigenvalue weighted by molar-refractivity contribution is -0.0886. The second kappa shape index (κ2) is 13.6. The summed E-state index contributed by atoms with van der Waals surface area (Å²) in [4.78, 5) is 6.16. The van der Waals surface area contributed by atoms with Crippen LogP contribution in [0.1, 0.15) is 54.9 Å². The van der Waals surface area contributed by atoms with Gasteiger partial charge in [-0.25, -0.2) is 0 Å². The Balaban J connectivity index is 5.36. The molecule has 176 valence electrons. The number of allylic oxidation sites excluding steroid dienone is 9. The molecule has 32 heavy (non-hydrogen) atoms. The third-order valence-corrected chi connectivity index (χ3v) is 4.63. The van der Waals surface area contributed by atoms with Crippen LogP contribution in [0.2, 0.25) is 0 Å². The van der Waals surface area contributed by atoms with E-state index in [1.165, 1.54) is 23.6 Å². The van der Waals surface area contributed by atoms with Crippen molar-refractivity contribution in [2.45, 2.75) is 61.1 Å². The lowest BCUT2D eigenvalue weighted by Crippen LogP contribution is -2.12. The molecule has 0 saturated heterocycles. The van der Waals surface area contributed by atoms with E-state index in [0.29, 0.717) is 0 Å². The molecule has 0 fully saturated rings. The number of aliphatic imine (C=N–C) groups is 1. The maximum Gasteiger partial charge on any atom is 0.416 e. The maximum absolute atomic E-state index is 13.1. The smallest absolute Gasteiger partial charge is 0.357 e. The number of nitriles is 1. The number of hydrogen-bond acceptors (Lipinski definition) is 3. The van der Waals surface area contributed by atoms with E-state index < -0.39 is 17.7 Å². The van der Waals surface area contributed by atoms with Gasteiger partial charge in [0.05, 0.1) is 17.6 Å². The van der Waals surface area contributed by atoms with Crippen LogP contribution in [0.25, 0.3) is 0 Å². The highest BCUT2D eigenvalue weighted by Crippen LogP contribution is 2.28. The van der Waals surface area contributed by atoms with Crippen molar-refractivity contribution in [2.24, 2.45) is 16.8 Å². The largest absolute Gasteiger partial charge is 0.416 e. The molecule has 0 N–H and O–H groups in total. The Bertz CT molecular complexity index is 869. The summed E-state index contributed by atoms with van der Waals surface area (Å²) in [6.07, 6.45) is 4.80. The van der Waals surface area contributed by atoms with Crippen LogP contribution in [0.5, 0.6) is 0 Å². The third kappa shape index (κ3) is 11.5. The Kier molecular flexibility index (Phi) is 12.4. The van der Waals surface area contributed by atoms with E-state index in [2.05, 4.69) is 25.4 Å². The van der Waals surface area contributed by atoms with Gasteiger partial charge in [0.1, 0.15) is 0 Å². The number of rotatable bonds is 10. The molecule has 0 radical (unpaired) electrons. The summed E-state index contributed by atoms with van der Waals surface area (Å²) >= 11 is 0. The van der Waals surface area contributed by atoms with Crippen LogP contribution < -0.4 is 0 Å². The summed E-state index contributed by atoms with van der Waals surface area (Å²) < 4.78 is 39.3. The van der Waals surface area contributed by atoms with Crippen molar-refractivity contribution >= 4 is 5.71 Å². The first kappa shape index (κ1) is 29.2. The van der Waals surface area contributed by atoms with Crippen molar-refractivity contribution in [3.63, 3.8) is 0 Å². The van der Waals surface area contributed by atoms with Crippen LogP contribution in [0, 0.1) is 23.2 Å². The first-order valence-electron chi connectivity index (χ1n) is 10.5. The van der Waals surface area contributed by atoms with Gasteiger partial charge in [-0.1, -0.05) is 43.7 Å². The SMILES string of the molecule is C=C(/N=C(/C)C(C/C(C)=C/C=C/N(C)/C=C\C(=C/C(C)C#N)C(F)(F)F)=C(C)C)C(C)C. The van der Waals surface area contributed by atoms with E-state index in [9.17, 15) is 13.2 Å². The summed E-state index contributed by atoms with van der Waals surface area (Å²) in [7, 11) is 1.65. The minimum Gasteiger partial charge on any atom is -0.357 e. The number of hydrogen-bond donors (Lipinski definition) is 0. The molecule has 0 spiro atoms. The van der Waals surface area contributed by atoms with Crippen LogP contribution in [0.4, 0.5) is 13.2 Å². The Morgan fingerprint density at radius 2 is 1.72 bits per heavy atom. The zero-order valence-corrected chi connectivity index (χ0v) is 20.5. The van der Waals surface area contributed by atoms with Crippen LogP contribution in [-0.2, 0) is 0 Å². The van der Waals surface area contributed by atoms with Gasteiger partial charge in [0.15, 0.2) is 0 Å². The minimum atomic E-state index is -4.51. The van der Waals surface area contributed by atoms with Gasteiger partial charge in [0.25, 0.3) is 0 Å². The summed E-state index contributed by atoms with van der Waals surface area (Å²) in [6, 6.07) is 1.79. The molecule has 1 atom stereocenters. The van der Waals surface area contributed by atoms with E-state index in [4.69, 9.17) is 5.26 Å². The van der Waals surface area contributed by atoms with E-state index in [-0.39, 0.29) is 5.92 Å². The van der Waals surface area contributed by atoms with Gasteiger partial charge in [-0.15, -0.1) is 0 Å². The molecule has 0 aliphatic carbocycles. The van der Waals surface area contributed by atoms with E-state index in [1.54, 1.807) is 25.4 Å². The first-order valence-corrected chi connectivity index (χ1v) is 10.5. The molecular formula is C26H36F3N3. The predicted octanol–water partition coefficient (Wildman–Crippen LogP) is 7.90. The standard InChI is InChI=1S/C26H36F3N3/c1-18(2)22(7)31-23(8)25(19(3)4)16-20(5)11-10-13-32(9)14-12-24(26(27,28)29)15-21(6)17-30/h10-15,18,21H,7,16H2,1-6,8-9H3/b13-10+,14-12-,20-11+,24-15+,31-23-. The molecule has 0 aromatic heterocycles. The predicted molar refractivity (Wildman–Crippen MR) is 129 cm³/mol. The zero-order valence-electron chi connectivity index (χ0n) is 20.5. The summed E-state index contributed by atoms with van der Waals surface area (Å²) in [5, 5.41) is 8.76. The molecule has 6 heteroatoms. The molecule has 0 amide bonds. The van der Waals surface area contributed by atoms with Crippen molar-refractivity contribution in [1.29, 1.82) is 5.26 Å². The van der Waals surface area contributed by atoms with Crippen LogP contribution in [0.15, 0.2) is 76.3 Å². The molecule has 3 nitrogen and oxygen atoms in total. The van der Waals surface area contributed by atoms with Gasteiger partial charge in [0.2, 0.25) is 0 Å². The molecule has 1 unspecified atom stereocenters. The minimum absolute atomic E-state index is 0.280. The number of halogens is 3. The van der Waals surface area contributed by atoms with Crippen LogP contribution in [-0.4, -0.2) is 23.8 Å². The van der Waals surface area contributed by atoms with Gasteiger partial charge in [0, 0.05) is 30.9 Å². The highest BCUT2D eigenvalue weighted by atomic mass is 19.4. The third-order valence-electron chi connectivity index (χ3n) is 4.63. The summed E-state index contributed by atoms with van der Waals surface area (Å²) in [6.45, 7) is 17.6. The first-order chi connectivity index (χ1) is 14.7. The molecule has 0 rings (SSSR count). The Labute approximate surface area is 191 Å². The van der Waals surface area contributed by atoms with E-state index in [1.807, 2.05) is 33.8 Å². The van der Waals surface area contributed by atoms with Gasteiger partial charge in [-0.05, 0) is 64.7 Å². The van der Waals surface area contributed by atoms with E-state index >= 15 is 0 Å². The molecule has 0 heterocycles. The lowest BCUT2D eigenvalue weighted by atomic mass is 9.98. The second-order valence-corrected chi connectivity index (χ2v) is 8.37. The monoisotopic (exact) mass is 447 g/mol. The topological polar surface area (TPSA) is 39.4 Å². The fourth-order valence-corrected chi connectivity index (χ4v) is 2.56. The molecule has 0 aliphatic rings.